The van der Waals surface area contributed by atoms with Crippen LogP contribution in [0, 0.1) is 5.92 Å². The summed E-state index contributed by atoms with van der Waals surface area (Å²) in [6, 6.07) is 13.7. The lowest BCUT2D eigenvalue weighted by molar-refractivity contribution is -0.133. The molecular weight excluding hydrogens is 492 g/mol. The lowest BCUT2D eigenvalue weighted by Gasteiger charge is -2.24. The van der Waals surface area contributed by atoms with Crippen molar-refractivity contribution in [3.8, 4) is 5.75 Å². The SMILES string of the molecule is CC(=O)Nc1ccc(S(=O)(=O)Oc2ccc(Cl)cc2CN(Cc2ccco2)C(=O)CC(C)C)cc1. The Morgan fingerprint density at radius 3 is 2.40 bits per heavy atom. The molecule has 1 aromatic heterocycles. The fourth-order valence-corrected chi connectivity index (χ4v) is 4.49. The van der Waals surface area contributed by atoms with Gasteiger partial charge in [-0.3, -0.25) is 9.59 Å². The van der Waals surface area contributed by atoms with E-state index in [1.807, 2.05) is 13.8 Å². The van der Waals surface area contributed by atoms with E-state index in [4.69, 9.17) is 20.2 Å². The number of anilines is 1. The van der Waals surface area contributed by atoms with Gasteiger partial charge in [0.2, 0.25) is 11.8 Å². The molecule has 3 rings (SSSR count). The average Bonchev–Trinajstić information content (AvgIpc) is 3.28. The summed E-state index contributed by atoms with van der Waals surface area (Å²) in [5, 5.41) is 2.95. The largest absolute Gasteiger partial charge is 0.467 e. The van der Waals surface area contributed by atoms with Gasteiger partial charge in [-0.15, -0.1) is 0 Å². The Labute approximate surface area is 210 Å². The third-order valence-corrected chi connectivity index (χ3v) is 6.39. The molecule has 10 heteroatoms. The van der Waals surface area contributed by atoms with Crippen molar-refractivity contribution in [2.75, 3.05) is 5.32 Å². The quantitative estimate of drug-likeness (QED) is 0.368. The Morgan fingerprint density at radius 1 is 1.09 bits per heavy atom. The van der Waals surface area contributed by atoms with E-state index < -0.39 is 10.1 Å². The van der Waals surface area contributed by atoms with Gasteiger partial charge in [0, 0.05) is 36.2 Å². The topological polar surface area (TPSA) is 106 Å². The van der Waals surface area contributed by atoms with Crippen molar-refractivity contribution in [1.82, 2.24) is 4.90 Å². The predicted octanol–water partition coefficient (Wildman–Crippen LogP) is 5.23. The van der Waals surface area contributed by atoms with Gasteiger partial charge in [-0.1, -0.05) is 25.4 Å². The fourth-order valence-electron chi connectivity index (χ4n) is 3.33. The number of hydrogen-bond donors (Lipinski definition) is 1. The number of halogens is 1. The van der Waals surface area contributed by atoms with Gasteiger partial charge in [0.15, 0.2) is 0 Å². The average molecular weight is 519 g/mol. The second kappa shape index (κ2) is 11.4. The van der Waals surface area contributed by atoms with E-state index in [0.717, 1.165) is 0 Å². The van der Waals surface area contributed by atoms with Crippen molar-refractivity contribution in [2.24, 2.45) is 5.92 Å². The molecule has 0 unspecified atom stereocenters. The van der Waals surface area contributed by atoms with Crippen LogP contribution in [-0.4, -0.2) is 25.1 Å². The minimum absolute atomic E-state index is 0.0575. The zero-order valence-corrected chi connectivity index (χ0v) is 21.2. The van der Waals surface area contributed by atoms with Crippen LogP contribution in [0.3, 0.4) is 0 Å². The lowest BCUT2D eigenvalue weighted by Crippen LogP contribution is -2.31. The summed E-state index contributed by atoms with van der Waals surface area (Å²) in [7, 11) is -4.20. The second-order valence-corrected chi connectivity index (χ2v) is 10.4. The zero-order valence-electron chi connectivity index (χ0n) is 19.7. The summed E-state index contributed by atoms with van der Waals surface area (Å²) in [4.78, 5) is 25.6. The summed E-state index contributed by atoms with van der Waals surface area (Å²) >= 11 is 6.19. The van der Waals surface area contributed by atoms with Gasteiger partial charge < -0.3 is 18.8 Å². The molecule has 0 atom stereocenters. The highest BCUT2D eigenvalue weighted by Gasteiger charge is 2.23. The van der Waals surface area contributed by atoms with Crippen LogP contribution in [0.5, 0.6) is 5.75 Å². The molecule has 35 heavy (non-hydrogen) atoms. The molecule has 1 heterocycles. The van der Waals surface area contributed by atoms with Crippen LogP contribution in [0.4, 0.5) is 5.69 Å². The van der Waals surface area contributed by atoms with Gasteiger partial charge in [0.25, 0.3) is 0 Å². The molecule has 0 fully saturated rings. The van der Waals surface area contributed by atoms with E-state index in [2.05, 4.69) is 5.32 Å². The lowest BCUT2D eigenvalue weighted by atomic mass is 10.1. The molecule has 0 aliphatic heterocycles. The summed E-state index contributed by atoms with van der Waals surface area (Å²) in [5.41, 5.74) is 0.889. The smallest absolute Gasteiger partial charge is 0.339 e. The normalized spacial score (nSPS) is 11.3. The van der Waals surface area contributed by atoms with E-state index in [9.17, 15) is 18.0 Å². The number of carbonyl (C=O) groups excluding carboxylic acids is 2. The van der Waals surface area contributed by atoms with Crippen LogP contribution in [0.25, 0.3) is 0 Å². The molecule has 8 nitrogen and oxygen atoms in total. The van der Waals surface area contributed by atoms with E-state index in [1.165, 1.54) is 49.6 Å². The molecule has 0 bridgehead atoms. The van der Waals surface area contributed by atoms with E-state index in [0.29, 0.717) is 28.5 Å². The number of amides is 2. The number of carbonyl (C=O) groups is 2. The molecule has 0 aliphatic carbocycles. The van der Waals surface area contributed by atoms with Gasteiger partial charge in [-0.25, -0.2) is 0 Å². The maximum absolute atomic E-state index is 13.0. The van der Waals surface area contributed by atoms with Crippen molar-refractivity contribution >= 4 is 39.2 Å². The van der Waals surface area contributed by atoms with Gasteiger partial charge in [0.05, 0.1) is 12.8 Å². The Hall–Kier alpha value is -3.30. The van der Waals surface area contributed by atoms with Gasteiger partial charge in [0.1, 0.15) is 16.4 Å². The Morgan fingerprint density at radius 2 is 1.80 bits per heavy atom. The number of nitrogens with zero attached hydrogens (tertiary/aromatic N) is 1. The molecule has 0 spiro atoms. The van der Waals surface area contributed by atoms with E-state index in [1.54, 1.807) is 23.1 Å². The van der Waals surface area contributed by atoms with Crippen molar-refractivity contribution in [3.05, 3.63) is 77.2 Å². The summed E-state index contributed by atoms with van der Waals surface area (Å²) in [6.45, 7) is 5.53. The fraction of sp³-hybridized carbons (Fsp3) is 0.280. The van der Waals surface area contributed by atoms with Crippen LogP contribution in [0.15, 0.2) is 70.2 Å². The predicted molar refractivity (Wildman–Crippen MR) is 132 cm³/mol. The van der Waals surface area contributed by atoms with E-state index in [-0.39, 0.29) is 41.5 Å². The maximum atomic E-state index is 13.0. The van der Waals surface area contributed by atoms with Gasteiger partial charge in [-0.05, 0) is 60.5 Å². The number of benzene rings is 2. The second-order valence-electron chi connectivity index (χ2n) is 8.42. The first-order valence-electron chi connectivity index (χ1n) is 10.9. The van der Waals surface area contributed by atoms with Crippen molar-refractivity contribution < 1.29 is 26.6 Å². The Bertz CT molecular complexity index is 1270. The molecule has 1 N–H and O–H groups in total. The monoisotopic (exact) mass is 518 g/mol. The molecule has 2 aromatic carbocycles. The summed E-state index contributed by atoms with van der Waals surface area (Å²) in [5.74, 6) is 0.408. The van der Waals surface area contributed by atoms with Crippen LogP contribution < -0.4 is 9.50 Å². The standard InChI is InChI=1S/C25H27ClN2O6S/c1-17(2)13-25(30)28(16-22-5-4-12-33-22)15-19-14-20(26)6-11-24(19)34-35(31,32)23-9-7-21(8-10-23)27-18(3)29/h4-12,14,17H,13,15-16H2,1-3H3,(H,27,29). The molecule has 0 aliphatic rings. The maximum Gasteiger partial charge on any atom is 0.339 e. The number of rotatable bonds is 10. The minimum Gasteiger partial charge on any atom is -0.467 e. The van der Waals surface area contributed by atoms with Crippen LogP contribution in [-0.2, 0) is 32.8 Å². The Balaban J connectivity index is 1.87. The van der Waals surface area contributed by atoms with Crippen molar-refractivity contribution in [1.29, 1.82) is 0 Å². The number of nitrogens with one attached hydrogen (secondary N) is 1. The van der Waals surface area contributed by atoms with Crippen molar-refractivity contribution in [2.45, 2.75) is 45.2 Å². The molecule has 3 aromatic rings. The third-order valence-electron chi connectivity index (χ3n) is 4.91. The zero-order chi connectivity index (χ0) is 25.6. The first-order chi connectivity index (χ1) is 16.5. The highest BCUT2D eigenvalue weighted by molar-refractivity contribution is 7.87. The van der Waals surface area contributed by atoms with E-state index >= 15 is 0 Å². The molecule has 0 saturated carbocycles. The molecular formula is C25H27ClN2O6S. The number of hydrogen-bond acceptors (Lipinski definition) is 6. The highest BCUT2D eigenvalue weighted by Crippen LogP contribution is 2.29. The molecule has 186 valence electrons. The van der Waals surface area contributed by atoms with Gasteiger partial charge in [-0.2, -0.15) is 8.42 Å². The van der Waals surface area contributed by atoms with Crippen LogP contribution >= 0.6 is 11.6 Å². The third kappa shape index (κ3) is 7.60. The van der Waals surface area contributed by atoms with Crippen LogP contribution in [0.1, 0.15) is 38.5 Å². The summed E-state index contributed by atoms with van der Waals surface area (Å²) in [6.07, 6.45) is 1.84. The van der Waals surface area contributed by atoms with Crippen LogP contribution in [0.2, 0.25) is 5.02 Å². The Kier molecular flexibility index (Phi) is 8.58. The van der Waals surface area contributed by atoms with Gasteiger partial charge >= 0.3 is 10.1 Å². The molecule has 2 amide bonds. The first-order valence-corrected chi connectivity index (χ1v) is 12.7. The highest BCUT2D eigenvalue weighted by atomic mass is 35.5. The first kappa shape index (κ1) is 26.3. The van der Waals surface area contributed by atoms with Crippen molar-refractivity contribution in [3.63, 3.8) is 0 Å². The number of furan rings is 1. The molecule has 0 saturated heterocycles. The molecule has 0 radical (unpaired) electrons. The summed E-state index contributed by atoms with van der Waals surface area (Å²) < 4.78 is 36.8. The minimum atomic E-state index is -4.20.